The van der Waals surface area contributed by atoms with E-state index in [1.165, 1.54) is 0 Å². The smallest absolute Gasteiger partial charge is 0.326 e. The van der Waals surface area contributed by atoms with Gasteiger partial charge in [-0.1, -0.05) is 13.8 Å². The van der Waals surface area contributed by atoms with Gasteiger partial charge in [0.05, 0.1) is 0 Å². The topological polar surface area (TPSA) is 71.3 Å². The SMILES string of the molecule is Cc1ccc(C(=O)N[C@H](C(=O)O)C(C)C)n1C. The summed E-state index contributed by atoms with van der Waals surface area (Å²) in [5, 5.41) is 11.5. The van der Waals surface area contributed by atoms with Gasteiger partial charge in [-0.3, -0.25) is 4.79 Å². The number of hydrogen-bond donors (Lipinski definition) is 2. The van der Waals surface area contributed by atoms with E-state index >= 15 is 0 Å². The highest BCUT2D eigenvalue weighted by Crippen LogP contribution is 2.08. The quantitative estimate of drug-likeness (QED) is 0.827. The van der Waals surface area contributed by atoms with Crippen LogP contribution >= 0.6 is 0 Å². The van der Waals surface area contributed by atoms with E-state index in [1.807, 2.05) is 13.0 Å². The molecule has 1 atom stereocenters. The molecule has 0 bridgehead atoms. The van der Waals surface area contributed by atoms with Gasteiger partial charge in [-0.25, -0.2) is 4.79 Å². The molecule has 0 aromatic carbocycles. The number of aryl methyl sites for hydroxylation is 1. The van der Waals surface area contributed by atoms with Crippen LogP contribution in [0.3, 0.4) is 0 Å². The van der Waals surface area contributed by atoms with Crippen molar-refractivity contribution in [2.45, 2.75) is 26.8 Å². The Morgan fingerprint density at radius 1 is 1.35 bits per heavy atom. The molecule has 0 saturated carbocycles. The van der Waals surface area contributed by atoms with E-state index in [1.54, 1.807) is 31.5 Å². The van der Waals surface area contributed by atoms with Gasteiger partial charge in [0, 0.05) is 12.7 Å². The van der Waals surface area contributed by atoms with Crippen molar-refractivity contribution in [3.63, 3.8) is 0 Å². The summed E-state index contributed by atoms with van der Waals surface area (Å²) in [5.74, 6) is -1.53. The predicted molar refractivity (Wildman–Crippen MR) is 63.9 cm³/mol. The minimum Gasteiger partial charge on any atom is -0.480 e. The highest BCUT2D eigenvalue weighted by atomic mass is 16.4. The van der Waals surface area contributed by atoms with Crippen molar-refractivity contribution >= 4 is 11.9 Å². The van der Waals surface area contributed by atoms with Crippen molar-refractivity contribution < 1.29 is 14.7 Å². The van der Waals surface area contributed by atoms with Crippen molar-refractivity contribution in [1.29, 1.82) is 0 Å². The van der Waals surface area contributed by atoms with Crippen LogP contribution in [-0.2, 0) is 11.8 Å². The third-order valence-electron chi connectivity index (χ3n) is 2.82. The van der Waals surface area contributed by atoms with Gasteiger partial charge in [0.1, 0.15) is 11.7 Å². The molecular formula is C12H18N2O3. The van der Waals surface area contributed by atoms with Crippen molar-refractivity contribution in [2.75, 3.05) is 0 Å². The summed E-state index contributed by atoms with van der Waals surface area (Å²) < 4.78 is 1.73. The standard InChI is InChI=1S/C12H18N2O3/c1-7(2)10(12(16)17)13-11(15)9-6-5-8(3)14(9)4/h5-7,10H,1-4H3,(H,13,15)(H,16,17)/t10-/m0/s1. The molecule has 0 fully saturated rings. The number of carboxylic acid groups (broad SMARTS) is 1. The first-order chi connectivity index (χ1) is 7.84. The summed E-state index contributed by atoms with van der Waals surface area (Å²) in [6, 6.07) is 2.64. The van der Waals surface area contributed by atoms with E-state index in [2.05, 4.69) is 5.32 Å². The van der Waals surface area contributed by atoms with Gasteiger partial charge in [0.2, 0.25) is 0 Å². The maximum Gasteiger partial charge on any atom is 0.326 e. The van der Waals surface area contributed by atoms with Crippen molar-refractivity contribution in [3.8, 4) is 0 Å². The van der Waals surface area contributed by atoms with Crippen LogP contribution < -0.4 is 5.32 Å². The molecule has 0 radical (unpaired) electrons. The second kappa shape index (κ2) is 5.03. The molecule has 1 heterocycles. The lowest BCUT2D eigenvalue weighted by molar-refractivity contribution is -0.140. The first-order valence-electron chi connectivity index (χ1n) is 5.50. The van der Waals surface area contributed by atoms with Crippen LogP contribution in [0.15, 0.2) is 12.1 Å². The van der Waals surface area contributed by atoms with Gasteiger partial charge in [0.15, 0.2) is 0 Å². The van der Waals surface area contributed by atoms with Crippen LogP contribution in [0.4, 0.5) is 0 Å². The lowest BCUT2D eigenvalue weighted by Gasteiger charge is -2.18. The van der Waals surface area contributed by atoms with Crippen LogP contribution in [0.5, 0.6) is 0 Å². The first kappa shape index (κ1) is 13.3. The van der Waals surface area contributed by atoms with Gasteiger partial charge in [-0.2, -0.15) is 0 Å². The Bertz CT molecular complexity index is 435. The van der Waals surface area contributed by atoms with Crippen molar-refractivity contribution in [3.05, 3.63) is 23.5 Å². The number of amides is 1. The molecule has 1 aromatic rings. The van der Waals surface area contributed by atoms with Gasteiger partial charge >= 0.3 is 5.97 Å². The molecule has 0 unspecified atom stereocenters. The number of nitrogens with zero attached hydrogens (tertiary/aromatic N) is 1. The molecule has 1 amide bonds. The minimum absolute atomic E-state index is 0.155. The molecule has 0 aliphatic heterocycles. The van der Waals surface area contributed by atoms with Gasteiger partial charge in [-0.05, 0) is 25.0 Å². The largest absolute Gasteiger partial charge is 0.480 e. The molecule has 1 rings (SSSR count). The van der Waals surface area contributed by atoms with E-state index in [-0.39, 0.29) is 11.8 Å². The number of carbonyl (C=O) groups excluding carboxylic acids is 1. The Labute approximate surface area is 100 Å². The fourth-order valence-electron chi connectivity index (χ4n) is 1.57. The van der Waals surface area contributed by atoms with Gasteiger partial charge in [-0.15, -0.1) is 0 Å². The normalized spacial score (nSPS) is 12.5. The molecule has 0 aliphatic carbocycles. The number of nitrogens with one attached hydrogen (secondary N) is 1. The number of aromatic nitrogens is 1. The molecule has 0 saturated heterocycles. The first-order valence-corrected chi connectivity index (χ1v) is 5.50. The summed E-state index contributed by atoms with van der Waals surface area (Å²) in [6.45, 7) is 5.40. The van der Waals surface area contributed by atoms with Crippen LogP contribution in [0.2, 0.25) is 0 Å². The lowest BCUT2D eigenvalue weighted by Crippen LogP contribution is -2.44. The number of aliphatic carboxylic acids is 1. The highest BCUT2D eigenvalue weighted by molar-refractivity contribution is 5.95. The van der Waals surface area contributed by atoms with E-state index in [0.717, 1.165) is 5.69 Å². The molecule has 0 aliphatic rings. The van der Waals surface area contributed by atoms with Crippen LogP contribution in [0, 0.1) is 12.8 Å². The summed E-state index contributed by atoms with van der Waals surface area (Å²) >= 11 is 0. The average molecular weight is 238 g/mol. The summed E-state index contributed by atoms with van der Waals surface area (Å²) in [7, 11) is 1.77. The zero-order chi connectivity index (χ0) is 13.2. The van der Waals surface area contributed by atoms with Crippen LogP contribution in [0.1, 0.15) is 30.0 Å². The zero-order valence-electron chi connectivity index (χ0n) is 10.5. The third-order valence-corrected chi connectivity index (χ3v) is 2.82. The molecule has 17 heavy (non-hydrogen) atoms. The minimum atomic E-state index is -1.01. The van der Waals surface area contributed by atoms with Crippen LogP contribution in [-0.4, -0.2) is 27.6 Å². The van der Waals surface area contributed by atoms with Gasteiger partial charge in [0.25, 0.3) is 5.91 Å². The number of carboxylic acids is 1. The van der Waals surface area contributed by atoms with E-state index < -0.39 is 12.0 Å². The van der Waals surface area contributed by atoms with Crippen LogP contribution in [0.25, 0.3) is 0 Å². The number of hydrogen-bond acceptors (Lipinski definition) is 2. The monoisotopic (exact) mass is 238 g/mol. The number of rotatable bonds is 4. The molecule has 94 valence electrons. The molecule has 1 aromatic heterocycles. The van der Waals surface area contributed by atoms with Crippen molar-refractivity contribution in [1.82, 2.24) is 9.88 Å². The molecule has 5 heteroatoms. The van der Waals surface area contributed by atoms with E-state index in [9.17, 15) is 9.59 Å². The summed E-state index contributed by atoms with van der Waals surface area (Å²) in [5.41, 5.74) is 1.42. The Kier molecular flexibility index (Phi) is 3.93. The maximum absolute atomic E-state index is 11.9. The third kappa shape index (κ3) is 2.87. The molecular weight excluding hydrogens is 220 g/mol. The highest BCUT2D eigenvalue weighted by Gasteiger charge is 2.24. The number of carbonyl (C=O) groups is 2. The Morgan fingerprint density at radius 3 is 2.29 bits per heavy atom. The summed E-state index contributed by atoms with van der Waals surface area (Å²) in [6.07, 6.45) is 0. The summed E-state index contributed by atoms with van der Waals surface area (Å²) in [4.78, 5) is 22.9. The Morgan fingerprint density at radius 2 is 1.94 bits per heavy atom. The van der Waals surface area contributed by atoms with Crippen molar-refractivity contribution in [2.24, 2.45) is 13.0 Å². The lowest BCUT2D eigenvalue weighted by atomic mass is 10.0. The Balaban J connectivity index is 2.85. The molecule has 0 spiro atoms. The molecule has 5 nitrogen and oxygen atoms in total. The second-order valence-corrected chi connectivity index (χ2v) is 4.45. The maximum atomic E-state index is 11.9. The molecule has 2 N–H and O–H groups in total. The average Bonchev–Trinajstić information content (AvgIpc) is 2.55. The predicted octanol–water partition coefficient (Wildman–Crippen LogP) is 1.17. The van der Waals surface area contributed by atoms with Gasteiger partial charge < -0.3 is 15.0 Å². The van der Waals surface area contributed by atoms with E-state index in [0.29, 0.717) is 5.69 Å². The van der Waals surface area contributed by atoms with E-state index in [4.69, 9.17) is 5.11 Å². The zero-order valence-corrected chi connectivity index (χ0v) is 10.5. The second-order valence-electron chi connectivity index (χ2n) is 4.45. The fourth-order valence-corrected chi connectivity index (χ4v) is 1.57. The fraction of sp³-hybridized carbons (Fsp3) is 0.500. The Hall–Kier alpha value is -1.78.